The van der Waals surface area contributed by atoms with Crippen LogP contribution in [0.25, 0.3) is 0 Å². The van der Waals surface area contributed by atoms with Crippen molar-refractivity contribution in [3.8, 4) is 0 Å². The third-order valence-corrected chi connectivity index (χ3v) is 6.93. The van der Waals surface area contributed by atoms with Crippen LogP contribution in [0.5, 0.6) is 0 Å². The maximum atomic E-state index is 12.8. The van der Waals surface area contributed by atoms with Crippen molar-refractivity contribution in [2.24, 2.45) is 5.10 Å². The zero-order valence-electron chi connectivity index (χ0n) is 20.1. The molecule has 8 nitrogen and oxygen atoms in total. The molecule has 0 aromatic heterocycles. The summed E-state index contributed by atoms with van der Waals surface area (Å²) >= 11 is 1.96. The molecule has 0 bridgehead atoms. The van der Waals surface area contributed by atoms with Crippen LogP contribution in [0, 0.1) is 0 Å². The molecule has 2 aliphatic heterocycles. The minimum atomic E-state index is -0.239. The molecular formula is C26H32N4O4S. The van der Waals surface area contributed by atoms with Crippen LogP contribution in [-0.2, 0) is 27.2 Å². The van der Waals surface area contributed by atoms with Crippen LogP contribution in [0.1, 0.15) is 27.0 Å². The molecule has 186 valence electrons. The Labute approximate surface area is 210 Å². The van der Waals surface area contributed by atoms with E-state index in [1.807, 2.05) is 60.4 Å². The highest BCUT2D eigenvalue weighted by Crippen LogP contribution is 2.23. The number of hydrazone groups is 1. The Bertz CT molecular complexity index is 1040. The molecule has 2 aromatic rings. The molecule has 1 amide bonds. The number of amides is 1. The summed E-state index contributed by atoms with van der Waals surface area (Å²) in [6, 6.07) is 13.4. The number of anilines is 1. The van der Waals surface area contributed by atoms with Gasteiger partial charge in [0.25, 0.3) is 5.91 Å². The fourth-order valence-corrected chi connectivity index (χ4v) is 4.92. The summed E-state index contributed by atoms with van der Waals surface area (Å²) in [7, 11) is 1.58. The number of esters is 1. The fraction of sp³-hybridized carbons (Fsp3) is 0.423. The monoisotopic (exact) mass is 496 g/mol. The Morgan fingerprint density at radius 1 is 1.06 bits per heavy atom. The fourth-order valence-electron chi connectivity index (χ4n) is 4.03. The molecule has 0 aliphatic carbocycles. The first kappa shape index (κ1) is 25.2. The van der Waals surface area contributed by atoms with Crippen molar-refractivity contribution in [1.82, 2.24) is 9.91 Å². The van der Waals surface area contributed by atoms with E-state index in [2.05, 4.69) is 20.3 Å². The molecule has 1 fully saturated rings. The molecule has 4 rings (SSSR count). The first-order valence-corrected chi connectivity index (χ1v) is 13.0. The lowest BCUT2D eigenvalue weighted by atomic mass is 9.99. The van der Waals surface area contributed by atoms with Crippen LogP contribution in [-0.4, -0.2) is 86.0 Å². The first-order valence-electron chi connectivity index (χ1n) is 11.9. The highest BCUT2D eigenvalue weighted by atomic mass is 32.2. The Balaban J connectivity index is 1.28. The lowest BCUT2D eigenvalue weighted by molar-refractivity contribution is -0.146. The van der Waals surface area contributed by atoms with Crippen LogP contribution in [0.2, 0.25) is 0 Å². The average Bonchev–Trinajstić information content (AvgIpc) is 2.88. The Hall–Kier alpha value is -2.88. The van der Waals surface area contributed by atoms with Gasteiger partial charge in [-0.2, -0.15) is 16.9 Å². The predicted octanol–water partition coefficient (Wildman–Crippen LogP) is 2.87. The average molecular weight is 497 g/mol. The summed E-state index contributed by atoms with van der Waals surface area (Å²) in [5.74, 6) is 1.85. The number of nitrogens with zero attached hydrogens (tertiary/aromatic N) is 3. The zero-order valence-corrected chi connectivity index (χ0v) is 20.9. The number of benzene rings is 2. The number of fused-ring (bicyclic) bond motifs is 1. The second kappa shape index (κ2) is 12.7. The van der Waals surface area contributed by atoms with Gasteiger partial charge in [0.15, 0.2) is 0 Å². The van der Waals surface area contributed by atoms with E-state index in [0.717, 1.165) is 54.4 Å². The van der Waals surface area contributed by atoms with Gasteiger partial charge in [0.1, 0.15) is 6.61 Å². The van der Waals surface area contributed by atoms with Gasteiger partial charge in [0.05, 0.1) is 19.4 Å². The number of nitrogens with one attached hydrogen (secondary N) is 1. The van der Waals surface area contributed by atoms with Gasteiger partial charge in [-0.25, -0.2) is 0 Å². The highest BCUT2D eigenvalue weighted by molar-refractivity contribution is 7.99. The van der Waals surface area contributed by atoms with Crippen LogP contribution in [0.15, 0.2) is 47.6 Å². The lowest BCUT2D eigenvalue weighted by Crippen LogP contribution is -2.35. The molecule has 2 heterocycles. The van der Waals surface area contributed by atoms with Crippen molar-refractivity contribution in [2.75, 3.05) is 63.3 Å². The largest absolute Gasteiger partial charge is 0.462 e. The zero-order chi connectivity index (χ0) is 24.5. The van der Waals surface area contributed by atoms with Crippen LogP contribution < -0.4 is 5.32 Å². The highest BCUT2D eigenvalue weighted by Gasteiger charge is 2.20. The van der Waals surface area contributed by atoms with Crippen molar-refractivity contribution in [2.45, 2.75) is 13.0 Å². The van der Waals surface area contributed by atoms with E-state index >= 15 is 0 Å². The van der Waals surface area contributed by atoms with Gasteiger partial charge in [0.2, 0.25) is 0 Å². The standard InChI is InChI=1S/C26H32N4O4S/c1-33-12-13-34-25(31)19-29-9-8-22-16-24(7-6-23(22)18-29)28-26(32)21-4-2-20(3-5-21)17-27-30-10-14-35-15-11-30/h2-7,16-17H,8-15,18-19H2,1H3,(H,28,32). The SMILES string of the molecule is COCCOC(=O)CN1CCc2cc(NC(=O)c3ccc(C=NN4CCSCC4)cc3)ccc2C1. The molecule has 0 saturated carbocycles. The number of hydrogen-bond acceptors (Lipinski definition) is 8. The molecule has 0 unspecified atom stereocenters. The number of thioether (sulfide) groups is 1. The van der Waals surface area contributed by atoms with Gasteiger partial charge < -0.3 is 14.8 Å². The second-order valence-electron chi connectivity index (χ2n) is 8.54. The molecule has 0 atom stereocenters. The van der Waals surface area contributed by atoms with E-state index in [4.69, 9.17) is 9.47 Å². The minimum absolute atomic E-state index is 0.141. The summed E-state index contributed by atoms with van der Waals surface area (Å²) in [4.78, 5) is 26.8. The van der Waals surface area contributed by atoms with Gasteiger partial charge in [-0.15, -0.1) is 0 Å². The number of carbonyl (C=O) groups excluding carboxylic acids is 2. The van der Waals surface area contributed by atoms with E-state index in [-0.39, 0.29) is 25.0 Å². The van der Waals surface area contributed by atoms with E-state index in [9.17, 15) is 9.59 Å². The Kier molecular flexibility index (Phi) is 9.16. The van der Waals surface area contributed by atoms with Crippen molar-refractivity contribution >= 4 is 35.5 Å². The van der Waals surface area contributed by atoms with Gasteiger partial charge in [-0.1, -0.05) is 18.2 Å². The summed E-state index contributed by atoms with van der Waals surface area (Å²) in [5.41, 5.74) is 4.70. The summed E-state index contributed by atoms with van der Waals surface area (Å²) in [5, 5.41) is 9.62. The van der Waals surface area contributed by atoms with Gasteiger partial charge in [0, 0.05) is 56.0 Å². The normalized spacial score (nSPS) is 16.2. The molecule has 0 radical (unpaired) electrons. The van der Waals surface area contributed by atoms with Crippen LogP contribution in [0.3, 0.4) is 0 Å². The second-order valence-corrected chi connectivity index (χ2v) is 9.77. The molecule has 2 aromatic carbocycles. The molecule has 2 aliphatic rings. The van der Waals surface area contributed by atoms with E-state index in [0.29, 0.717) is 18.7 Å². The van der Waals surface area contributed by atoms with Gasteiger partial charge in [-0.05, 0) is 47.4 Å². The maximum absolute atomic E-state index is 12.8. The maximum Gasteiger partial charge on any atom is 0.320 e. The Morgan fingerprint density at radius 2 is 1.86 bits per heavy atom. The first-order chi connectivity index (χ1) is 17.1. The smallest absolute Gasteiger partial charge is 0.320 e. The lowest BCUT2D eigenvalue weighted by Gasteiger charge is -2.28. The molecule has 9 heteroatoms. The van der Waals surface area contributed by atoms with Crippen LogP contribution >= 0.6 is 11.8 Å². The third-order valence-electron chi connectivity index (χ3n) is 5.99. The number of ether oxygens (including phenoxy) is 2. The number of rotatable bonds is 9. The van der Waals surface area contributed by atoms with Crippen molar-refractivity contribution in [3.05, 3.63) is 64.7 Å². The van der Waals surface area contributed by atoms with E-state index in [1.165, 1.54) is 5.56 Å². The van der Waals surface area contributed by atoms with Crippen LogP contribution in [0.4, 0.5) is 5.69 Å². The Morgan fingerprint density at radius 3 is 2.63 bits per heavy atom. The van der Waals surface area contributed by atoms with Gasteiger partial charge >= 0.3 is 5.97 Å². The summed E-state index contributed by atoms with van der Waals surface area (Å²) in [6.45, 7) is 4.34. The quantitative estimate of drug-likeness (QED) is 0.325. The van der Waals surface area contributed by atoms with Crippen molar-refractivity contribution in [1.29, 1.82) is 0 Å². The molecule has 1 N–H and O–H groups in total. The molecule has 35 heavy (non-hydrogen) atoms. The van der Waals surface area contributed by atoms with Gasteiger partial charge in [-0.3, -0.25) is 19.5 Å². The topological polar surface area (TPSA) is 83.5 Å². The minimum Gasteiger partial charge on any atom is -0.462 e. The number of hydrogen-bond donors (Lipinski definition) is 1. The van der Waals surface area contributed by atoms with Crippen molar-refractivity contribution < 1.29 is 19.1 Å². The predicted molar refractivity (Wildman–Crippen MR) is 139 cm³/mol. The number of carbonyl (C=O) groups is 2. The molecule has 1 saturated heterocycles. The number of methoxy groups -OCH3 is 1. The molecule has 0 spiro atoms. The summed E-state index contributed by atoms with van der Waals surface area (Å²) in [6.07, 6.45) is 2.66. The third kappa shape index (κ3) is 7.55. The van der Waals surface area contributed by atoms with E-state index < -0.39 is 0 Å². The van der Waals surface area contributed by atoms with Crippen molar-refractivity contribution in [3.63, 3.8) is 0 Å². The molecular weight excluding hydrogens is 464 g/mol. The van der Waals surface area contributed by atoms with E-state index in [1.54, 1.807) is 7.11 Å². The summed E-state index contributed by atoms with van der Waals surface area (Å²) < 4.78 is 10.1.